The Balaban J connectivity index is 1.66. The monoisotopic (exact) mass is 312 g/mol. The Hall–Kier alpha value is -1.52. The van der Waals surface area contributed by atoms with E-state index in [0.717, 1.165) is 17.6 Å². The minimum Gasteiger partial charge on any atom is -0.377 e. The van der Waals surface area contributed by atoms with E-state index in [1.807, 2.05) is 35.4 Å². The van der Waals surface area contributed by atoms with Crippen molar-refractivity contribution < 1.29 is 0 Å². The Morgan fingerprint density at radius 3 is 3.10 bits per heavy atom. The van der Waals surface area contributed by atoms with Crippen molar-refractivity contribution in [2.24, 2.45) is 0 Å². The quantitative estimate of drug-likeness (QED) is 0.692. The van der Waals surface area contributed by atoms with Gasteiger partial charge in [-0.1, -0.05) is 25.1 Å². The normalized spacial score (nSPS) is 21.2. The molecule has 1 unspecified atom stereocenters. The summed E-state index contributed by atoms with van der Waals surface area (Å²) < 4.78 is 1.46. The van der Waals surface area contributed by atoms with Gasteiger partial charge in [-0.05, 0) is 35.6 Å². The topological polar surface area (TPSA) is 24.9 Å². The lowest BCUT2D eigenvalue weighted by molar-refractivity contribution is 0.670. The largest absolute Gasteiger partial charge is 0.377 e. The van der Waals surface area contributed by atoms with E-state index < -0.39 is 0 Å². The predicted molar refractivity (Wildman–Crippen MR) is 92.4 cm³/mol. The number of aromatic nitrogens is 1. The van der Waals surface area contributed by atoms with E-state index in [2.05, 4.69) is 52.9 Å². The molecule has 4 rings (SSSR count). The van der Waals surface area contributed by atoms with Crippen LogP contribution < -0.4 is 5.32 Å². The molecule has 1 aliphatic rings. The van der Waals surface area contributed by atoms with Gasteiger partial charge < -0.3 is 5.32 Å². The highest BCUT2D eigenvalue weighted by Crippen LogP contribution is 2.44. The SMILES string of the molecule is C[C@H]1CC(Nc2cnc3ccccc3c2)c2ccsc2S1. The zero-order valence-electron chi connectivity index (χ0n) is 11.7. The number of hydrogen-bond donors (Lipinski definition) is 1. The number of pyridine rings is 1. The number of benzene rings is 1. The summed E-state index contributed by atoms with van der Waals surface area (Å²) in [6, 6.07) is 13.1. The van der Waals surface area contributed by atoms with Gasteiger partial charge in [-0.15, -0.1) is 23.1 Å². The minimum atomic E-state index is 0.394. The van der Waals surface area contributed by atoms with Gasteiger partial charge in [0.05, 0.1) is 27.7 Å². The first-order valence-corrected chi connectivity index (χ1v) is 8.91. The molecule has 0 saturated heterocycles. The number of thiophene rings is 1. The van der Waals surface area contributed by atoms with Gasteiger partial charge in [0.25, 0.3) is 0 Å². The lowest BCUT2D eigenvalue weighted by Crippen LogP contribution is -2.19. The Labute approximate surface area is 132 Å². The highest BCUT2D eigenvalue weighted by Gasteiger charge is 2.26. The Morgan fingerprint density at radius 2 is 2.14 bits per heavy atom. The molecule has 106 valence electrons. The van der Waals surface area contributed by atoms with E-state index >= 15 is 0 Å². The minimum absolute atomic E-state index is 0.394. The summed E-state index contributed by atoms with van der Waals surface area (Å²) in [5.74, 6) is 0. The fourth-order valence-corrected chi connectivity index (χ4v) is 5.40. The standard InChI is InChI=1S/C17H16N2S2/c1-11-8-16(14-6-7-20-17(14)21-11)19-13-9-12-4-2-3-5-15(12)18-10-13/h2-7,9-11,16,19H,8H2,1H3/t11-,16?/m0/s1. The van der Waals surface area contributed by atoms with E-state index in [1.54, 1.807) is 0 Å². The number of para-hydroxylation sites is 1. The van der Waals surface area contributed by atoms with Crippen LogP contribution >= 0.6 is 23.1 Å². The van der Waals surface area contributed by atoms with Gasteiger partial charge >= 0.3 is 0 Å². The molecular formula is C17H16N2S2. The molecule has 0 bridgehead atoms. The lowest BCUT2D eigenvalue weighted by atomic mass is 10.0. The van der Waals surface area contributed by atoms with Crippen molar-refractivity contribution in [3.8, 4) is 0 Å². The zero-order chi connectivity index (χ0) is 14.2. The Morgan fingerprint density at radius 1 is 1.24 bits per heavy atom. The molecule has 0 saturated carbocycles. The molecule has 3 heterocycles. The van der Waals surface area contributed by atoms with Gasteiger partial charge in [0.2, 0.25) is 0 Å². The summed E-state index contributed by atoms with van der Waals surface area (Å²) in [5, 5.41) is 7.72. The number of hydrogen-bond acceptors (Lipinski definition) is 4. The van der Waals surface area contributed by atoms with Crippen LogP contribution in [0, 0.1) is 0 Å². The van der Waals surface area contributed by atoms with Gasteiger partial charge in [0, 0.05) is 10.6 Å². The van der Waals surface area contributed by atoms with Crippen molar-refractivity contribution in [1.82, 2.24) is 4.98 Å². The maximum atomic E-state index is 4.54. The van der Waals surface area contributed by atoms with Crippen LogP contribution in [0.1, 0.15) is 24.9 Å². The summed E-state index contributed by atoms with van der Waals surface area (Å²) in [6.07, 6.45) is 3.10. The first-order valence-electron chi connectivity index (χ1n) is 7.15. The van der Waals surface area contributed by atoms with Crippen LogP contribution in [-0.4, -0.2) is 10.2 Å². The van der Waals surface area contributed by atoms with E-state index in [-0.39, 0.29) is 0 Å². The van der Waals surface area contributed by atoms with Gasteiger partial charge in [-0.25, -0.2) is 0 Å². The van der Waals surface area contributed by atoms with E-state index in [0.29, 0.717) is 11.3 Å². The zero-order valence-corrected chi connectivity index (χ0v) is 13.4. The number of nitrogens with one attached hydrogen (secondary N) is 1. The summed E-state index contributed by atoms with van der Waals surface area (Å²) in [7, 11) is 0. The molecule has 0 amide bonds. The highest BCUT2D eigenvalue weighted by atomic mass is 32.2. The summed E-state index contributed by atoms with van der Waals surface area (Å²) >= 11 is 3.85. The highest BCUT2D eigenvalue weighted by molar-refractivity contribution is 8.01. The van der Waals surface area contributed by atoms with Gasteiger partial charge in [0.1, 0.15) is 0 Å². The molecule has 0 spiro atoms. The molecule has 0 radical (unpaired) electrons. The maximum Gasteiger partial charge on any atom is 0.0703 e. The number of nitrogens with zero attached hydrogens (tertiary/aromatic N) is 1. The molecule has 2 aromatic heterocycles. The fraction of sp³-hybridized carbons (Fsp3) is 0.235. The smallest absolute Gasteiger partial charge is 0.0703 e. The molecule has 0 fully saturated rings. The van der Waals surface area contributed by atoms with Crippen LogP contribution in [0.25, 0.3) is 10.9 Å². The average Bonchev–Trinajstić information content (AvgIpc) is 2.95. The van der Waals surface area contributed by atoms with Crippen LogP contribution in [0.5, 0.6) is 0 Å². The number of anilines is 1. The Bertz CT molecular complexity index is 781. The summed E-state index contributed by atoms with van der Waals surface area (Å²) in [6.45, 7) is 2.31. The maximum absolute atomic E-state index is 4.54. The summed E-state index contributed by atoms with van der Waals surface area (Å²) in [4.78, 5) is 4.54. The Kier molecular flexibility index (Phi) is 3.36. The van der Waals surface area contributed by atoms with Crippen LogP contribution in [0.15, 0.2) is 52.2 Å². The molecule has 2 atom stereocenters. The second kappa shape index (κ2) is 5.35. The molecular weight excluding hydrogens is 296 g/mol. The van der Waals surface area contributed by atoms with E-state index in [9.17, 15) is 0 Å². The van der Waals surface area contributed by atoms with Crippen molar-refractivity contribution in [2.75, 3.05) is 5.32 Å². The third kappa shape index (κ3) is 2.54. The second-order valence-corrected chi connectivity index (χ2v) is 8.06. The van der Waals surface area contributed by atoms with Crippen LogP contribution in [0.3, 0.4) is 0 Å². The molecule has 1 aliphatic heterocycles. The van der Waals surface area contributed by atoms with E-state index in [1.165, 1.54) is 15.2 Å². The fourth-order valence-electron chi connectivity index (χ4n) is 2.84. The average molecular weight is 312 g/mol. The molecule has 3 aromatic rings. The van der Waals surface area contributed by atoms with Gasteiger partial charge in [-0.2, -0.15) is 0 Å². The number of fused-ring (bicyclic) bond motifs is 2. The molecule has 4 heteroatoms. The van der Waals surface area contributed by atoms with Crippen molar-refractivity contribution in [3.63, 3.8) is 0 Å². The first-order chi connectivity index (χ1) is 10.3. The first kappa shape index (κ1) is 13.2. The van der Waals surface area contributed by atoms with Gasteiger partial charge in [-0.3, -0.25) is 4.98 Å². The molecule has 1 aromatic carbocycles. The molecule has 1 N–H and O–H groups in total. The molecule has 0 aliphatic carbocycles. The van der Waals surface area contributed by atoms with Crippen molar-refractivity contribution in [1.29, 1.82) is 0 Å². The predicted octanol–water partition coefficient (Wildman–Crippen LogP) is 5.33. The molecule has 2 nitrogen and oxygen atoms in total. The van der Waals surface area contributed by atoms with Crippen LogP contribution in [-0.2, 0) is 0 Å². The van der Waals surface area contributed by atoms with Crippen LogP contribution in [0.2, 0.25) is 0 Å². The third-order valence-corrected chi connectivity index (χ3v) is 6.18. The lowest BCUT2D eigenvalue weighted by Gasteiger charge is -2.28. The van der Waals surface area contributed by atoms with Gasteiger partial charge in [0.15, 0.2) is 0 Å². The second-order valence-electron chi connectivity index (χ2n) is 5.44. The number of thioether (sulfide) groups is 1. The van der Waals surface area contributed by atoms with E-state index in [4.69, 9.17) is 0 Å². The van der Waals surface area contributed by atoms with Crippen molar-refractivity contribution in [3.05, 3.63) is 53.5 Å². The summed E-state index contributed by atoms with van der Waals surface area (Å²) in [5.41, 5.74) is 3.60. The van der Waals surface area contributed by atoms with Crippen molar-refractivity contribution >= 4 is 39.7 Å². The number of rotatable bonds is 2. The molecule has 21 heavy (non-hydrogen) atoms. The van der Waals surface area contributed by atoms with Crippen molar-refractivity contribution in [2.45, 2.75) is 28.8 Å². The van der Waals surface area contributed by atoms with Crippen LogP contribution in [0.4, 0.5) is 5.69 Å². The third-order valence-electron chi connectivity index (χ3n) is 3.84.